The van der Waals surface area contributed by atoms with Gasteiger partial charge >= 0.3 is 5.69 Å². The lowest BCUT2D eigenvalue weighted by Gasteiger charge is -2.10. The Balaban J connectivity index is 2.43. The highest BCUT2D eigenvalue weighted by molar-refractivity contribution is 6.30. The van der Waals surface area contributed by atoms with E-state index in [9.17, 15) is 10.1 Å². The molecule has 2 aromatic carbocycles. The predicted octanol–water partition coefficient (Wildman–Crippen LogP) is 5.09. The summed E-state index contributed by atoms with van der Waals surface area (Å²) in [5.41, 5.74) is 1.59. The van der Waals surface area contributed by atoms with E-state index >= 15 is 0 Å². The van der Waals surface area contributed by atoms with Gasteiger partial charge in [0.25, 0.3) is 0 Å². The van der Waals surface area contributed by atoms with Crippen LogP contribution in [0.25, 0.3) is 0 Å². The minimum absolute atomic E-state index is 0.109. The number of nitrogens with zero attached hydrogens (tertiary/aromatic N) is 1. The van der Waals surface area contributed by atoms with Crippen LogP contribution in [0.5, 0.6) is 11.5 Å². The second kappa shape index (κ2) is 6.11. The van der Waals surface area contributed by atoms with Crippen LogP contribution < -0.4 is 4.74 Å². The zero-order valence-corrected chi connectivity index (χ0v) is 12.1. The second-order valence-electron chi connectivity index (χ2n) is 4.20. The molecule has 0 aliphatic heterocycles. The summed E-state index contributed by atoms with van der Waals surface area (Å²) in [6.07, 6.45) is 0. The Kier molecular flexibility index (Phi) is 4.47. The van der Waals surface area contributed by atoms with Crippen molar-refractivity contribution in [1.29, 1.82) is 0 Å². The van der Waals surface area contributed by atoms with Gasteiger partial charge < -0.3 is 4.74 Å². The first-order valence-electron chi connectivity index (χ1n) is 5.78. The molecule has 0 saturated heterocycles. The smallest absolute Gasteiger partial charge is 0.311 e. The number of aryl methyl sites for hydroxylation is 1. The first-order valence-corrected chi connectivity index (χ1v) is 6.70. The third-order valence-electron chi connectivity index (χ3n) is 2.75. The monoisotopic (exact) mass is 311 g/mol. The minimum Gasteiger partial charge on any atom is -0.450 e. The summed E-state index contributed by atoms with van der Waals surface area (Å²) >= 11 is 11.6. The van der Waals surface area contributed by atoms with Crippen molar-refractivity contribution in [3.8, 4) is 11.5 Å². The lowest BCUT2D eigenvalue weighted by molar-refractivity contribution is -0.385. The largest absolute Gasteiger partial charge is 0.450 e. The third-order valence-corrected chi connectivity index (χ3v) is 3.29. The van der Waals surface area contributed by atoms with Crippen molar-refractivity contribution < 1.29 is 9.66 Å². The molecule has 2 aromatic rings. The lowest BCUT2D eigenvalue weighted by atomic mass is 10.1. The van der Waals surface area contributed by atoms with Crippen LogP contribution in [0, 0.1) is 17.0 Å². The zero-order valence-electron chi connectivity index (χ0n) is 10.6. The van der Waals surface area contributed by atoms with Crippen molar-refractivity contribution in [3.63, 3.8) is 0 Å². The summed E-state index contributed by atoms with van der Waals surface area (Å²) < 4.78 is 5.64. The molecule has 0 aromatic heterocycles. The molecule has 0 amide bonds. The van der Waals surface area contributed by atoms with E-state index < -0.39 is 4.92 Å². The summed E-state index contributed by atoms with van der Waals surface area (Å²) in [4.78, 5) is 10.5. The number of nitro benzene ring substituents is 1. The van der Waals surface area contributed by atoms with E-state index in [2.05, 4.69) is 0 Å². The molecule has 2 rings (SSSR count). The molecule has 0 unspecified atom stereocenters. The number of halogens is 2. The highest BCUT2D eigenvalue weighted by Gasteiger charge is 2.17. The Labute approximate surface area is 126 Å². The molecular weight excluding hydrogens is 301 g/mol. The topological polar surface area (TPSA) is 52.4 Å². The first kappa shape index (κ1) is 14.6. The molecule has 0 atom stereocenters. The molecule has 104 valence electrons. The zero-order chi connectivity index (χ0) is 14.7. The molecular formula is C14H11Cl2NO3. The molecule has 4 nitrogen and oxygen atoms in total. The number of benzene rings is 2. The van der Waals surface area contributed by atoms with Gasteiger partial charge in [-0.05, 0) is 30.2 Å². The Morgan fingerprint density at radius 1 is 1.20 bits per heavy atom. The van der Waals surface area contributed by atoms with Crippen LogP contribution in [-0.2, 0) is 5.88 Å². The average molecular weight is 312 g/mol. The van der Waals surface area contributed by atoms with Crippen LogP contribution in [0.1, 0.15) is 11.1 Å². The van der Waals surface area contributed by atoms with Gasteiger partial charge in [-0.1, -0.05) is 23.7 Å². The van der Waals surface area contributed by atoms with Crippen LogP contribution in [0.4, 0.5) is 5.69 Å². The molecule has 0 radical (unpaired) electrons. The number of ether oxygens (including phenoxy) is 1. The van der Waals surface area contributed by atoms with Crippen molar-refractivity contribution in [2.75, 3.05) is 0 Å². The van der Waals surface area contributed by atoms with E-state index in [1.807, 2.05) is 19.1 Å². The van der Waals surface area contributed by atoms with Gasteiger partial charge in [-0.15, -0.1) is 11.6 Å². The molecule has 6 heteroatoms. The molecule has 0 saturated carbocycles. The van der Waals surface area contributed by atoms with Crippen LogP contribution in [-0.4, -0.2) is 4.92 Å². The summed E-state index contributed by atoms with van der Waals surface area (Å²) in [7, 11) is 0. The summed E-state index contributed by atoms with van der Waals surface area (Å²) in [6.45, 7) is 1.85. The van der Waals surface area contributed by atoms with Gasteiger partial charge in [0.05, 0.1) is 4.92 Å². The molecule has 0 bridgehead atoms. The van der Waals surface area contributed by atoms with Crippen LogP contribution in [0.15, 0.2) is 36.4 Å². The van der Waals surface area contributed by atoms with Crippen molar-refractivity contribution >= 4 is 28.9 Å². The van der Waals surface area contributed by atoms with Crippen molar-refractivity contribution in [2.24, 2.45) is 0 Å². The average Bonchev–Trinajstić information content (AvgIpc) is 2.41. The van der Waals surface area contributed by atoms with Gasteiger partial charge in [-0.2, -0.15) is 0 Å². The molecule has 0 spiro atoms. The SMILES string of the molecule is Cc1ccc(CCl)cc1Oc1cc(Cl)ccc1[N+](=O)[O-]. The first-order chi connectivity index (χ1) is 9.51. The van der Waals surface area contributed by atoms with Crippen LogP contribution >= 0.6 is 23.2 Å². The molecule has 0 N–H and O–H groups in total. The minimum atomic E-state index is -0.508. The van der Waals surface area contributed by atoms with Crippen molar-refractivity contribution in [3.05, 3.63) is 62.7 Å². The summed E-state index contributed by atoms with van der Waals surface area (Å²) in [6, 6.07) is 9.68. The standard InChI is InChI=1S/C14H11Cl2NO3/c1-9-2-3-10(8-15)6-13(9)20-14-7-11(16)4-5-12(14)17(18)19/h2-7H,8H2,1H3. The highest BCUT2D eigenvalue weighted by Crippen LogP contribution is 2.35. The van der Waals surface area contributed by atoms with E-state index in [4.69, 9.17) is 27.9 Å². The van der Waals surface area contributed by atoms with E-state index in [0.717, 1.165) is 11.1 Å². The van der Waals surface area contributed by atoms with Gasteiger partial charge in [-0.25, -0.2) is 0 Å². The van der Waals surface area contributed by atoms with Gasteiger partial charge in [-0.3, -0.25) is 10.1 Å². The molecule has 0 heterocycles. The van der Waals surface area contributed by atoms with Crippen molar-refractivity contribution in [2.45, 2.75) is 12.8 Å². The van der Waals surface area contributed by atoms with Gasteiger partial charge in [0, 0.05) is 23.0 Å². The van der Waals surface area contributed by atoms with Crippen LogP contribution in [0.2, 0.25) is 5.02 Å². The maximum absolute atomic E-state index is 11.0. The van der Waals surface area contributed by atoms with Gasteiger partial charge in [0.1, 0.15) is 5.75 Å². The Hall–Kier alpha value is -1.78. The number of hydrogen-bond donors (Lipinski definition) is 0. The van der Waals surface area contributed by atoms with Gasteiger partial charge in [0.2, 0.25) is 5.75 Å². The molecule has 0 aliphatic carbocycles. The fraction of sp³-hybridized carbons (Fsp3) is 0.143. The summed E-state index contributed by atoms with van der Waals surface area (Å²) in [5, 5.41) is 11.4. The number of alkyl halides is 1. The number of rotatable bonds is 4. The summed E-state index contributed by atoms with van der Waals surface area (Å²) in [5.74, 6) is 0.972. The normalized spacial score (nSPS) is 10.3. The Morgan fingerprint density at radius 3 is 2.60 bits per heavy atom. The second-order valence-corrected chi connectivity index (χ2v) is 4.91. The fourth-order valence-electron chi connectivity index (χ4n) is 1.68. The maximum atomic E-state index is 11.0. The molecule has 20 heavy (non-hydrogen) atoms. The van der Waals surface area contributed by atoms with E-state index in [1.54, 1.807) is 6.07 Å². The quantitative estimate of drug-likeness (QED) is 0.449. The number of nitro groups is 1. The van der Waals surface area contributed by atoms with E-state index in [-0.39, 0.29) is 11.4 Å². The predicted molar refractivity (Wildman–Crippen MR) is 78.9 cm³/mol. The number of hydrogen-bond acceptors (Lipinski definition) is 3. The van der Waals surface area contributed by atoms with Crippen molar-refractivity contribution in [1.82, 2.24) is 0 Å². The van der Waals surface area contributed by atoms with E-state index in [0.29, 0.717) is 16.7 Å². The third kappa shape index (κ3) is 3.21. The lowest BCUT2D eigenvalue weighted by Crippen LogP contribution is -1.95. The maximum Gasteiger partial charge on any atom is 0.311 e. The fourth-order valence-corrected chi connectivity index (χ4v) is 2.00. The Bertz CT molecular complexity index is 659. The highest BCUT2D eigenvalue weighted by atomic mass is 35.5. The van der Waals surface area contributed by atoms with E-state index in [1.165, 1.54) is 18.2 Å². The molecule has 0 aliphatic rings. The Morgan fingerprint density at radius 2 is 1.95 bits per heavy atom. The van der Waals surface area contributed by atoms with Gasteiger partial charge in [0.15, 0.2) is 0 Å². The molecule has 0 fully saturated rings. The van der Waals surface area contributed by atoms with Crippen LogP contribution in [0.3, 0.4) is 0 Å².